The fourth-order valence-electron chi connectivity index (χ4n) is 8.37. The number of hydrogen-bond donors (Lipinski definition) is 1. The summed E-state index contributed by atoms with van der Waals surface area (Å²) in [6.45, 7) is 7.04. The Balaban J connectivity index is 1.70. The van der Waals surface area contributed by atoms with Crippen molar-refractivity contribution in [1.82, 2.24) is 0 Å². The van der Waals surface area contributed by atoms with Crippen molar-refractivity contribution in [3.8, 4) is 0 Å². The number of carboxylic acid groups (broad SMARTS) is 1. The van der Waals surface area contributed by atoms with Gasteiger partial charge in [-0.25, -0.2) is 0 Å². The topological polar surface area (TPSA) is 54.4 Å². The maximum Gasteiger partial charge on any atom is 0.303 e. The quantitative estimate of drug-likeness (QED) is 0.740. The summed E-state index contributed by atoms with van der Waals surface area (Å²) < 4.78 is 0. The smallest absolute Gasteiger partial charge is 0.303 e. The molecule has 3 heteroatoms. The van der Waals surface area contributed by atoms with Crippen LogP contribution in [0.4, 0.5) is 0 Å². The van der Waals surface area contributed by atoms with Crippen LogP contribution in [0.3, 0.4) is 0 Å². The van der Waals surface area contributed by atoms with Crippen LogP contribution in [0.25, 0.3) is 0 Å². The van der Waals surface area contributed by atoms with E-state index >= 15 is 0 Å². The van der Waals surface area contributed by atoms with Crippen LogP contribution in [0.15, 0.2) is 0 Å². The Labute approximate surface area is 158 Å². The standard InChI is InChI=1S/C23H36O3/c1-4-15-16-7-5-6-11-23(16,3)18-10-12-22(2)14(13-19(24)25)8-9-17(22)20(18)21(15)26/h14-18,20H,4-13H2,1-3H3,(H,24,25)/t14?,15-,16?,17?,18+,20?,22?,23?/m1/s1. The van der Waals surface area contributed by atoms with Crippen LogP contribution in [0.5, 0.6) is 0 Å². The summed E-state index contributed by atoms with van der Waals surface area (Å²) in [5.41, 5.74) is 0.398. The molecule has 4 aliphatic rings. The largest absolute Gasteiger partial charge is 0.481 e. The lowest BCUT2D eigenvalue weighted by Crippen LogP contribution is -2.59. The van der Waals surface area contributed by atoms with Gasteiger partial charge in [0.05, 0.1) is 0 Å². The summed E-state index contributed by atoms with van der Waals surface area (Å²) in [5.74, 6) is 2.18. The van der Waals surface area contributed by atoms with Gasteiger partial charge in [-0.1, -0.05) is 33.6 Å². The molecular weight excluding hydrogens is 324 g/mol. The molecule has 6 unspecified atom stereocenters. The molecule has 4 saturated carbocycles. The van der Waals surface area contributed by atoms with Gasteiger partial charge in [0, 0.05) is 18.3 Å². The molecule has 0 aromatic rings. The Morgan fingerprint density at radius 3 is 2.42 bits per heavy atom. The van der Waals surface area contributed by atoms with Crippen molar-refractivity contribution < 1.29 is 14.7 Å². The van der Waals surface area contributed by atoms with Crippen LogP contribution in [0.2, 0.25) is 0 Å². The van der Waals surface area contributed by atoms with Gasteiger partial charge in [0.15, 0.2) is 0 Å². The molecule has 146 valence electrons. The Hall–Kier alpha value is -0.860. The van der Waals surface area contributed by atoms with Gasteiger partial charge in [0.1, 0.15) is 5.78 Å². The highest BCUT2D eigenvalue weighted by molar-refractivity contribution is 5.86. The van der Waals surface area contributed by atoms with E-state index in [0.717, 1.165) is 32.1 Å². The first-order valence-electron chi connectivity index (χ1n) is 11.1. The molecular formula is C23H36O3. The summed E-state index contributed by atoms with van der Waals surface area (Å²) in [6.07, 6.45) is 10.8. The van der Waals surface area contributed by atoms with E-state index in [4.69, 9.17) is 0 Å². The molecule has 0 aliphatic heterocycles. The highest BCUT2D eigenvalue weighted by Gasteiger charge is 2.64. The van der Waals surface area contributed by atoms with Crippen molar-refractivity contribution in [2.45, 2.75) is 85.0 Å². The van der Waals surface area contributed by atoms with Gasteiger partial charge in [-0.2, -0.15) is 0 Å². The van der Waals surface area contributed by atoms with E-state index in [-0.39, 0.29) is 29.6 Å². The van der Waals surface area contributed by atoms with E-state index < -0.39 is 5.97 Å². The number of aliphatic carboxylic acids is 1. The van der Waals surface area contributed by atoms with Crippen molar-refractivity contribution in [2.24, 2.45) is 46.3 Å². The molecule has 0 aromatic carbocycles. The maximum atomic E-state index is 13.7. The summed E-state index contributed by atoms with van der Waals surface area (Å²) in [7, 11) is 0. The SMILES string of the molecule is CC[C@H]1C(=O)C2C3CCC(CC(=O)O)C3(C)CC[C@@H]2C2(C)CCCCC12. The molecule has 26 heavy (non-hydrogen) atoms. The number of hydrogen-bond acceptors (Lipinski definition) is 2. The molecule has 0 saturated heterocycles. The minimum atomic E-state index is -0.667. The fraction of sp³-hybridized carbons (Fsp3) is 0.913. The number of rotatable bonds is 3. The molecule has 1 N–H and O–H groups in total. The Kier molecular flexibility index (Phi) is 4.51. The lowest BCUT2D eigenvalue weighted by Gasteiger charge is -2.61. The monoisotopic (exact) mass is 360 g/mol. The van der Waals surface area contributed by atoms with Gasteiger partial charge in [-0.3, -0.25) is 9.59 Å². The van der Waals surface area contributed by atoms with Gasteiger partial charge in [-0.15, -0.1) is 0 Å². The van der Waals surface area contributed by atoms with Gasteiger partial charge in [0.2, 0.25) is 0 Å². The van der Waals surface area contributed by atoms with Crippen LogP contribution in [0.1, 0.15) is 85.0 Å². The second-order valence-electron chi connectivity index (χ2n) is 10.4. The molecule has 0 radical (unpaired) electrons. The van der Waals surface area contributed by atoms with E-state index in [9.17, 15) is 14.7 Å². The average molecular weight is 361 g/mol. The van der Waals surface area contributed by atoms with Gasteiger partial charge in [0.25, 0.3) is 0 Å². The van der Waals surface area contributed by atoms with Crippen LogP contribution in [-0.4, -0.2) is 16.9 Å². The van der Waals surface area contributed by atoms with Crippen LogP contribution >= 0.6 is 0 Å². The molecule has 0 spiro atoms. The highest BCUT2D eigenvalue weighted by atomic mass is 16.4. The summed E-state index contributed by atoms with van der Waals surface area (Å²) in [6, 6.07) is 0. The molecule has 4 rings (SSSR count). The number of Topliss-reactive ketones (excluding diaryl/α,β-unsaturated/α-hetero) is 1. The zero-order valence-corrected chi connectivity index (χ0v) is 16.8. The lowest BCUT2D eigenvalue weighted by molar-refractivity contribution is -0.167. The maximum absolute atomic E-state index is 13.7. The van der Waals surface area contributed by atoms with E-state index in [1.807, 2.05) is 0 Å². The predicted octanol–water partition coefficient (Wildman–Crippen LogP) is 5.33. The molecule has 3 nitrogen and oxygen atoms in total. The van der Waals surface area contributed by atoms with Crippen LogP contribution in [0, 0.1) is 46.3 Å². The van der Waals surface area contributed by atoms with Gasteiger partial charge < -0.3 is 5.11 Å². The first-order valence-corrected chi connectivity index (χ1v) is 11.1. The first kappa shape index (κ1) is 18.5. The lowest BCUT2D eigenvalue weighted by atomic mass is 9.42. The highest BCUT2D eigenvalue weighted by Crippen LogP contribution is 2.68. The average Bonchev–Trinajstić information content (AvgIpc) is 2.91. The van der Waals surface area contributed by atoms with Gasteiger partial charge in [-0.05, 0) is 79.4 Å². The van der Waals surface area contributed by atoms with Crippen molar-refractivity contribution in [3.05, 3.63) is 0 Å². The third-order valence-electron chi connectivity index (χ3n) is 9.68. The second-order valence-corrected chi connectivity index (χ2v) is 10.4. The molecule has 0 amide bonds. The number of carboxylic acids is 1. The first-order chi connectivity index (χ1) is 12.3. The Bertz CT molecular complexity index is 598. The second kappa shape index (κ2) is 6.34. The van der Waals surface area contributed by atoms with Crippen LogP contribution < -0.4 is 0 Å². The fourth-order valence-corrected chi connectivity index (χ4v) is 8.37. The molecule has 4 fully saturated rings. The summed E-state index contributed by atoms with van der Waals surface area (Å²) in [5, 5.41) is 9.37. The van der Waals surface area contributed by atoms with Crippen LogP contribution in [-0.2, 0) is 9.59 Å². The number of fused-ring (bicyclic) bond motifs is 5. The zero-order valence-electron chi connectivity index (χ0n) is 16.8. The Morgan fingerprint density at radius 1 is 1.00 bits per heavy atom. The van der Waals surface area contributed by atoms with Crippen molar-refractivity contribution >= 4 is 11.8 Å². The van der Waals surface area contributed by atoms with Crippen molar-refractivity contribution in [1.29, 1.82) is 0 Å². The summed E-state index contributed by atoms with van der Waals surface area (Å²) in [4.78, 5) is 25.1. The molecule has 0 bridgehead atoms. The molecule has 0 aromatic heterocycles. The Morgan fingerprint density at radius 2 is 1.73 bits per heavy atom. The number of carbonyl (C=O) groups excluding carboxylic acids is 1. The van der Waals surface area contributed by atoms with E-state index in [2.05, 4.69) is 20.8 Å². The van der Waals surface area contributed by atoms with Crippen molar-refractivity contribution in [3.63, 3.8) is 0 Å². The molecule has 0 heterocycles. The summed E-state index contributed by atoms with van der Waals surface area (Å²) >= 11 is 0. The van der Waals surface area contributed by atoms with E-state index in [0.29, 0.717) is 29.0 Å². The third kappa shape index (κ3) is 2.44. The van der Waals surface area contributed by atoms with E-state index in [1.165, 1.54) is 25.7 Å². The number of ketones is 1. The van der Waals surface area contributed by atoms with Gasteiger partial charge >= 0.3 is 5.97 Å². The third-order valence-corrected chi connectivity index (χ3v) is 9.68. The molecule has 4 aliphatic carbocycles. The van der Waals surface area contributed by atoms with E-state index in [1.54, 1.807) is 0 Å². The number of carbonyl (C=O) groups is 2. The minimum Gasteiger partial charge on any atom is -0.481 e. The van der Waals surface area contributed by atoms with Crippen molar-refractivity contribution in [2.75, 3.05) is 0 Å². The predicted molar refractivity (Wildman–Crippen MR) is 102 cm³/mol. The zero-order chi connectivity index (χ0) is 18.7. The normalized spacial score (nSPS) is 50.7. The molecule has 8 atom stereocenters. The minimum absolute atomic E-state index is 0.0609.